The molecule has 0 aliphatic rings. The molecule has 0 aliphatic heterocycles. The second kappa shape index (κ2) is 11.8. The first-order valence-corrected chi connectivity index (χ1v) is 7.78. The Morgan fingerprint density at radius 1 is 0.875 bits per heavy atom. The molecule has 98 valence electrons. The zero-order valence-corrected chi connectivity index (χ0v) is 12.4. The maximum atomic E-state index is 4.34. The van der Waals surface area contributed by atoms with Gasteiger partial charge in [-0.2, -0.15) is 12.6 Å². The summed E-state index contributed by atoms with van der Waals surface area (Å²) in [6.45, 7) is 9.42. The lowest BCUT2D eigenvalue weighted by molar-refractivity contribution is 0.174. The van der Waals surface area contributed by atoms with E-state index >= 15 is 0 Å². The summed E-state index contributed by atoms with van der Waals surface area (Å²) in [5, 5.41) is 0. The average molecular weight is 245 g/mol. The van der Waals surface area contributed by atoms with Gasteiger partial charge in [-0.15, -0.1) is 0 Å². The Hall–Kier alpha value is 0.310. The predicted molar refractivity (Wildman–Crippen MR) is 78.6 cm³/mol. The lowest BCUT2D eigenvalue weighted by atomic mass is 10.0. The van der Waals surface area contributed by atoms with Gasteiger partial charge < -0.3 is 4.90 Å². The van der Waals surface area contributed by atoms with Gasteiger partial charge in [-0.25, -0.2) is 0 Å². The highest BCUT2D eigenvalue weighted by atomic mass is 32.1. The summed E-state index contributed by atoms with van der Waals surface area (Å²) in [5.74, 6) is 1.04. The summed E-state index contributed by atoms with van der Waals surface area (Å²) in [5.41, 5.74) is 0. The van der Waals surface area contributed by atoms with Gasteiger partial charge in [-0.05, 0) is 50.9 Å². The van der Waals surface area contributed by atoms with Crippen LogP contribution in [-0.2, 0) is 0 Å². The van der Waals surface area contributed by atoms with Crippen LogP contribution in [0.1, 0.15) is 65.7 Å². The number of hydrogen-bond donors (Lipinski definition) is 1. The number of nitrogens with zero attached hydrogens (tertiary/aromatic N) is 1. The van der Waals surface area contributed by atoms with E-state index in [1.165, 1.54) is 58.0 Å². The molecule has 0 aliphatic carbocycles. The normalized spacial score (nSPS) is 13.3. The first-order chi connectivity index (χ1) is 7.79. The minimum atomic E-state index is 0.812. The molecule has 0 spiro atoms. The van der Waals surface area contributed by atoms with Gasteiger partial charge in [-0.1, -0.05) is 33.6 Å². The van der Waals surface area contributed by atoms with Crippen LogP contribution in [0.2, 0.25) is 0 Å². The fraction of sp³-hybridized carbons (Fsp3) is 1.00. The smallest absolute Gasteiger partial charge is 0.00955 e. The molecule has 0 aromatic rings. The van der Waals surface area contributed by atoms with E-state index in [4.69, 9.17) is 0 Å². The van der Waals surface area contributed by atoms with E-state index in [1.54, 1.807) is 0 Å². The van der Waals surface area contributed by atoms with Gasteiger partial charge in [0.05, 0.1) is 0 Å². The molecular formula is C14H31NS. The van der Waals surface area contributed by atoms with Crippen LogP contribution in [0.4, 0.5) is 0 Å². The van der Waals surface area contributed by atoms with Crippen LogP contribution in [-0.4, -0.2) is 29.8 Å². The van der Waals surface area contributed by atoms with Crippen molar-refractivity contribution in [1.29, 1.82) is 0 Å². The van der Waals surface area contributed by atoms with Gasteiger partial charge in [0.15, 0.2) is 0 Å². The van der Waals surface area contributed by atoms with Crippen LogP contribution >= 0.6 is 12.6 Å². The second-order valence-corrected chi connectivity index (χ2v) is 5.15. The lowest BCUT2D eigenvalue weighted by Gasteiger charge is -2.31. The number of unbranched alkanes of at least 4 members (excludes halogenated alkanes) is 1. The van der Waals surface area contributed by atoms with Crippen molar-refractivity contribution >= 4 is 12.6 Å². The molecule has 1 atom stereocenters. The molecule has 0 saturated carbocycles. The quantitative estimate of drug-likeness (QED) is 0.529. The van der Waals surface area contributed by atoms with Crippen LogP contribution in [0.3, 0.4) is 0 Å². The molecule has 0 radical (unpaired) electrons. The van der Waals surface area contributed by atoms with Crippen molar-refractivity contribution in [2.45, 2.75) is 71.8 Å². The third-order valence-corrected chi connectivity index (χ3v) is 3.44. The van der Waals surface area contributed by atoms with Crippen LogP contribution in [0.25, 0.3) is 0 Å². The summed E-state index contributed by atoms with van der Waals surface area (Å²) in [6.07, 6.45) is 9.24. The number of thiol groups is 1. The minimum absolute atomic E-state index is 0.812. The molecule has 0 fully saturated rings. The number of rotatable bonds is 11. The highest BCUT2D eigenvalue weighted by molar-refractivity contribution is 7.80. The van der Waals surface area contributed by atoms with Crippen molar-refractivity contribution in [3.63, 3.8) is 0 Å². The molecule has 0 amide bonds. The van der Waals surface area contributed by atoms with E-state index in [9.17, 15) is 0 Å². The van der Waals surface area contributed by atoms with Gasteiger partial charge in [0.25, 0.3) is 0 Å². The van der Waals surface area contributed by atoms with Gasteiger partial charge in [0.2, 0.25) is 0 Å². The zero-order valence-electron chi connectivity index (χ0n) is 11.5. The monoisotopic (exact) mass is 245 g/mol. The molecule has 0 rings (SSSR count). The molecule has 1 unspecified atom stereocenters. The molecular weight excluding hydrogens is 214 g/mol. The van der Waals surface area contributed by atoms with Gasteiger partial charge >= 0.3 is 0 Å². The standard InChI is InChI=1S/C14H31NS/c1-4-7-9-14(10-8-13-16)15(11-5-2)12-6-3/h14,16H,4-13H2,1-3H3. The second-order valence-electron chi connectivity index (χ2n) is 4.70. The molecule has 1 nitrogen and oxygen atoms in total. The highest BCUT2D eigenvalue weighted by Gasteiger charge is 2.15. The van der Waals surface area contributed by atoms with Crippen LogP contribution in [0.15, 0.2) is 0 Å². The third kappa shape index (κ3) is 7.56. The third-order valence-electron chi connectivity index (χ3n) is 3.12. The van der Waals surface area contributed by atoms with Gasteiger partial charge in [-0.3, -0.25) is 0 Å². The molecule has 2 heteroatoms. The highest BCUT2D eigenvalue weighted by Crippen LogP contribution is 2.16. The fourth-order valence-corrected chi connectivity index (χ4v) is 2.51. The van der Waals surface area contributed by atoms with E-state index in [0.29, 0.717) is 0 Å². The Morgan fingerprint density at radius 3 is 1.88 bits per heavy atom. The van der Waals surface area contributed by atoms with Crippen molar-refractivity contribution in [3.05, 3.63) is 0 Å². The summed E-state index contributed by atoms with van der Waals surface area (Å²) in [6, 6.07) is 0.812. The molecule has 0 N–H and O–H groups in total. The molecule has 0 saturated heterocycles. The topological polar surface area (TPSA) is 3.24 Å². The molecule has 0 aromatic carbocycles. The molecule has 0 bridgehead atoms. The van der Waals surface area contributed by atoms with Crippen molar-refractivity contribution < 1.29 is 0 Å². The SMILES string of the molecule is CCCCC(CCCS)N(CCC)CCC. The van der Waals surface area contributed by atoms with Crippen LogP contribution in [0.5, 0.6) is 0 Å². The summed E-state index contributed by atoms with van der Waals surface area (Å²) >= 11 is 4.34. The van der Waals surface area contributed by atoms with E-state index in [2.05, 4.69) is 38.3 Å². The molecule has 16 heavy (non-hydrogen) atoms. The first-order valence-electron chi connectivity index (χ1n) is 7.14. The largest absolute Gasteiger partial charge is 0.300 e. The van der Waals surface area contributed by atoms with E-state index in [-0.39, 0.29) is 0 Å². The zero-order chi connectivity index (χ0) is 12.2. The Balaban J connectivity index is 4.15. The Labute approximate surface area is 108 Å². The maximum absolute atomic E-state index is 4.34. The Morgan fingerprint density at radius 2 is 1.44 bits per heavy atom. The summed E-state index contributed by atoms with van der Waals surface area (Å²) < 4.78 is 0. The van der Waals surface area contributed by atoms with Crippen molar-refractivity contribution in [3.8, 4) is 0 Å². The lowest BCUT2D eigenvalue weighted by Crippen LogP contribution is -2.36. The van der Waals surface area contributed by atoms with Crippen molar-refractivity contribution in [2.75, 3.05) is 18.8 Å². The van der Waals surface area contributed by atoms with E-state index in [0.717, 1.165) is 11.8 Å². The van der Waals surface area contributed by atoms with E-state index < -0.39 is 0 Å². The van der Waals surface area contributed by atoms with Gasteiger partial charge in [0, 0.05) is 6.04 Å². The molecule has 0 aromatic heterocycles. The van der Waals surface area contributed by atoms with Crippen LogP contribution < -0.4 is 0 Å². The van der Waals surface area contributed by atoms with Crippen molar-refractivity contribution in [1.82, 2.24) is 4.90 Å². The van der Waals surface area contributed by atoms with E-state index in [1.807, 2.05) is 0 Å². The number of hydrogen-bond acceptors (Lipinski definition) is 2. The van der Waals surface area contributed by atoms with Crippen molar-refractivity contribution in [2.24, 2.45) is 0 Å². The Kier molecular flexibility index (Phi) is 12.0. The fourth-order valence-electron chi connectivity index (χ4n) is 2.33. The van der Waals surface area contributed by atoms with Gasteiger partial charge in [0.1, 0.15) is 0 Å². The summed E-state index contributed by atoms with van der Waals surface area (Å²) in [4.78, 5) is 2.71. The predicted octanol–water partition coefficient (Wildman–Crippen LogP) is 4.38. The Bertz CT molecular complexity index is 125. The molecule has 0 heterocycles. The minimum Gasteiger partial charge on any atom is -0.300 e. The van der Waals surface area contributed by atoms with Crippen LogP contribution in [0, 0.1) is 0 Å². The average Bonchev–Trinajstić information content (AvgIpc) is 2.29. The first kappa shape index (κ1) is 16.3. The summed E-state index contributed by atoms with van der Waals surface area (Å²) in [7, 11) is 0. The maximum Gasteiger partial charge on any atom is 0.00955 e.